The highest BCUT2D eigenvalue weighted by Gasteiger charge is 2.51. The first-order valence-corrected chi connectivity index (χ1v) is 18.1. The summed E-state index contributed by atoms with van der Waals surface area (Å²) in [6, 6.07) is 34.7. The number of hydrogen-bond acceptors (Lipinski definition) is 5. The lowest BCUT2D eigenvalue weighted by Crippen LogP contribution is -2.67. The van der Waals surface area contributed by atoms with E-state index in [4.69, 9.17) is 25.5 Å². The van der Waals surface area contributed by atoms with Gasteiger partial charge in [-0.15, -0.1) is 0 Å². The highest BCUT2D eigenvalue weighted by molar-refractivity contribution is 6.99. The molecule has 238 valence electrons. The third-order valence-corrected chi connectivity index (χ3v) is 14.4. The lowest BCUT2D eigenvalue weighted by atomic mass is 9.85. The summed E-state index contributed by atoms with van der Waals surface area (Å²) >= 11 is 6.65. The minimum absolute atomic E-state index is 0.197. The largest absolute Gasteiger partial charge is 0.494 e. The molecule has 1 heterocycles. The maximum absolute atomic E-state index is 11.3. The van der Waals surface area contributed by atoms with Crippen molar-refractivity contribution in [3.8, 4) is 5.75 Å². The number of aliphatic hydroxyl groups is 2. The van der Waals surface area contributed by atoms with Crippen LogP contribution in [0.5, 0.6) is 5.75 Å². The summed E-state index contributed by atoms with van der Waals surface area (Å²) in [6.07, 6.45) is -2.65. The fourth-order valence-electron chi connectivity index (χ4n) is 6.54. The normalized spacial score (nSPS) is 22.3. The second kappa shape index (κ2) is 14.2. The number of rotatable bonds is 10. The van der Waals surface area contributed by atoms with Crippen molar-refractivity contribution in [2.75, 3.05) is 13.2 Å². The van der Waals surface area contributed by atoms with Crippen molar-refractivity contribution in [2.45, 2.75) is 70.5 Å². The number of halogens is 1. The quantitative estimate of drug-likeness (QED) is 0.188. The summed E-state index contributed by atoms with van der Waals surface area (Å²) in [5.74, 6) is 0.486. The summed E-state index contributed by atoms with van der Waals surface area (Å²) in [7, 11) is -2.82. The van der Waals surface area contributed by atoms with Gasteiger partial charge in [-0.05, 0) is 63.6 Å². The summed E-state index contributed by atoms with van der Waals surface area (Å²) in [5, 5.41) is 25.4. The van der Waals surface area contributed by atoms with Crippen LogP contribution in [-0.2, 0) is 15.6 Å². The van der Waals surface area contributed by atoms with Crippen molar-refractivity contribution in [3.05, 3.63) is 125 Å². The van der Waals surface area contributed by atoms with E-state index in [-0.39, 0.29) is 17.6 Å². The molecular formula is C38H45ClO5Si. The summed E-state index contributed by atoms with van der Waals surface area (Å²) in [6.45, 7) is 11.5. The fraction of sp³-hybridized carbons (Fsp3) is 0.368. The van der Waals surface area contributed by atoms with E-state index < -0.39 is 32.7 Å². The zero-order valence-electron chi connectivity index (χ0n) is 26.8. The van der Waals surface area contributed by atoms with Crippen molar-refractivity contribution in [3.63, 3.8) is 0 Å². The van der Waals surface area contributed by atoms with Gasteiger partial charge in [0.25, 0.3) is 8.32 Å². The number of benzene rings is 4. The maximum Gasteiger partial charge on any atom is 0.261 e. The predicted molar refractivity (Wildman–Crippen MR) is 184 cm³/mol. The zero-order chi connectivity index (χ0) is 32.2. The minimum atomic E-state index is -2.82. The predicted octanol–water partition coefficient (Wildman–Crippen LogP) is 6.70. The van der Waals surface area contributed by atoms with Crippen LogP contribution in [-0.4, -0.2) is 50.1 Å². The molecule has 1 aliphatic rings. The molecule has 5 nitrogen and oxygen atoms in total. The van der Waals surface area contributed by atoms with Gasteiger partial charge in [0, 0.05) is 10.9 Å². The molecule has 0 spiro atoms. The van der Waals surface area contributed by atoms with Crippen LogP contribution in [0, 0.1) is 5.92 Å². The molecule has 5 rings (SSSR count). The Bertz CT molecular complexity index is 1480. The lowest BCUT2D eigenvalue weighted by Gasteiger charge is -2.46. The van der Waals surface area contributed by atoms with E-state index in [1.165, 1.54) is 10.4 Å². The summed E-state index contributed by atoms with van der Waals surface area (Å²) < 4.78 is 19.4. The molecule has 5 unspecified atom stereocenters. The van der Waals surface area contributed by atoms with Gasteiger partial charge < -0.3 is 24.1 Å². The number of aliphatic hydroxyl groups excluding tert-OH is 2. The average molecular weight is 645 g/mol. The van der Waals surface area contributed by atoms with Crippen molar-refractivity contribution < 1.29 is 24.1 Å². The van der Waals surface area contributed by atoms with E-state index in [1.807, 2.05) is 68.4 Å². The lowest BCUT2D eigenvalue weighted by molar-refractivity contribution is -0.205. The van der Waals surface area contributed by atoms with E-state index >= 15 is 0 Å². The van der Waals surface area contributed by atoms with E-state index in [1.54, 1.807) is 0 Å². The molecule has 4 aromatic rings. The molecular weight excluding hydrogens is 600 g/mol. The van der Waals surface area contributed by atoms with Crippen molar-refractivity contribution in [1.82, 2.24) is 0 Å². The molecule has 45 heavy (non-hydrogen) atoms. The molecule has 0 radical (unpaired) electrons. The van der Waals surface area contributed by atoms with Crippen molar-refractivity contribution >= 4 is 30.3 Å². The highest BCUT2D eigenvalue weighted by Crippen LogP contribution is 2.40. The third-order valence-electron chi connectivity index (χ3n) is 9.01. The Morgan fingerprint density at radius 2 is 1.42 bits per heavy atom. The zero-order valence-corrected chi connectivity index (χ0v) is 28.6. The molecule has 4 aromatic carbocycles. The molecule has 7 heteroatoms. The SMILES string of the molecule is CCOc1ccc(Cc2cc(C3OC(CO[Si](c4ccccc4)(c4ccccc4)C(C)(C)C)C(C)C(O)C3O)ccc2Cl)cc1. The smallest absolute Gasteiger partial charge is 0.261 e. The Balaban J connectivity index is 1.43. The molecule has 0 aromatic heterocycles. The van der Waals surface area contributed by atoms with Gasteiger partial charge in [0.1, 0.15) is 18.0 Å². The van der Waals surface area contributed by atoms with Crippen molar-refractivity contribution in [2.24, 2.45) is 5.92 Å². The Labute approximate surface area is 273 Å². The van der Waals surface area contributed by atoms with Crippen LogP contribution in [0.4, 0.5) is 0 Å². The van der Waals surface area contributed by atoms with Crippen LogP contribution in [0.3, 0.4) is 0 Å². The topological polar surface area (TPSA) is 68.2 Å². The molecule has 5 atom stereocenters. The first-order chi connectivity index (χ1) is 21.5. The van der Waals surface area contributed by atoms with E-state index in [2.05, 4.69) is 69.3 Å². The Morgan fingerprint density at radius 3 is 1.98 bits per heavy atom. The van der Waals surface area contributed by atoms with E-state index in [9.17, 15) is 10.2 Å². The third kappa shape index (κ3) is 7.07. The van der Waals surface area contributed by atoms with Crippen molar-refractivity contribution in [1.29, 1.82) is 0 Å². The second-order valence-electron chi connectivity index (χ2n) is 13.0. The molecule has 0 amide bonds. The van der Waals surface area contributed by atoms with Crippen LogP contribution >= 0.6 is 11.6 Å². The van der Waals surface area contributed by atoms with Gasteiger partial charge in [-0.1, -0.05) is 124 Å². The van der Waals surface area contributed by atoms with Crippen LogP contribution in [0.25, 0.3) is 0 Å². The molecule has 2 N–H and O–H groups in total. The molecule has 1 saturated heterocycles. The van der Waals surface area contributed by atoms with Crippen LogP contribution < -0.4 is 15.1 Å². The maximum atomic E-state index is 11.3. The Kier molecular flexibility index (Phi) is 10.5. The Morgan fingerprint density at radius 1 is 0.822 bits per heavy atom. The van der Waals surface area contributed by atoms with Gasteiger partial charge in [0.2, 0.25) is 0 Å². The summed E-state index contributed by atoms with van der Waals surface area (Å²) in [4.78, 5) is 0. The molecule has 0 saturated carbocycles. The molecule has 1 aliphatic heterocycles. The van der Waals surface area contributed by atoms with Crippen LogP contribution in [0.2, 0.25) is 10.1 Å². The minimum Gasteiger partial charge on any atom is -0.494 e. The number of hydrogen-bond donors (Lipinski definition) is 2. The van der Waals surface area contributed by atoms with Crippen LogP contribution in [0.1, 0.15) is 57.4 Å². The second-order valence-corrected chi connectivity index (χ2v) is 17.7. The van der Waals surface area contributed by atoms with Gasteiger partial charge in [-0.2, -0.15) is 0 Å². The molecule has 0 bridgehead atoms. The molecule has 0 aliphatic carbocycles. The van der Waals surface area contributed by atoms with Gasteiger partial charge >= 0.3 is 0 Å². The fourth-order valence-corrected chi connectivity index (χ4v) is 11.3. The number of ether oxygens (including phenoxy) is 2. The van der Waals surface area contributed by atoms with Gasteiger partial charge in [0.15, 0.2) is 0 Å². The van der Waals surface area contributed by atoms with Gasteiger partial charge in [-0.25, -0.2) is 0 Å². The van der Waals surface area contributed by atoms with E-state index in [0.717, 1.165) is 22.4 Å². The van der Waals surface area contributed by atoms with Crippen LogP contribution in [0.15, 0.2) is 103 Å². The van der Waals surface area contributed by atoms with Gasteiger partial charge in [-0.3, -0.25) is 0 Å². The highest BCUT2D eigenvalue weighted by atomic mass is 35.5. The van der Waals surface area contributed by atoms with E-state index in [0.29, 0.717) is 18.1 Å². The summed E-state index contributed by atoms with van der Waals surface area (Å²) in [5.41, 5.74) is 2.78. The Hall–Kier alpha value is -2.97. The average Bonchev–Trinajstić information content (AvgIpc) is 3.04. The van der Waals surface area contributed by atoms with Gasteiger partial charge in [0.05, 0.1) is 25.4 Å². The standard InChI is InChI=1S/C38H45ClO5Si/c1-6-42-30-20-17-27(18-21-30)23-29-24-28(19-22-33(29)39)37-36(41)35(40)26(2)34(44-37)25-43-45(38(3,4)5,31-13-9-7-10-14-31)32-15-11-8-12-16-32/h7-22,24,26,34-37,40-41H,6,23,25H2,1-5H3. The molecule has 1 fully saturated rings. The first kappa shape index (κ1) is 33.4. The monoisotopic (exact) mass is 644 g/mol. The first-order valence-electron chi connectivity index (χ1n) is 15.8.